The van der Waals surface area contributed by atoms with Crippen molar-refractivity contribution in [3.8, 4) is 0 Å². The van der Waals surface area contributed by atoms with Gasteiger partial charge in [0.25, 0.3) is 0 Å². The quantitative estimate of drug-likeness (QED) is 0.811. The number of carbonyl (C=O) groups excluding carboxylic acids is 1. The molecule has 0 unspecified atom stereocenters. The van der Waals surface area contributed by atoms with Crippen molar-refractivity contribution in [3.05, 3.63) is 11.5 Å². The van der Waals surface area contributed by atoms with Crippen LogP contribution in [-0.4, -0.2) is 45.7 Å². The van der Waals surface area contributed by atoms with Crippen LogP contribution in [0, 0.1) is 0 Å². The molecular weight excluding hydrogens is 306 g/mol. The van der Waals surface area contributed by atoms with Crippen molar-refractivity contribution in [2.75, 3.05) is 24.1 Å². The SMILES string of the molecule is CC(C)(C)OC(=O)N1CCC[C@H](Nc2ncnc(Cl)c2N)C1. The number of nitrogens with zero attached hydrogens (tertiary/aromatic N) is 3. The van der Waals surface area contributed by atoms with Gasteiger partial charge in [0.2, 0.25) is 0 Å². The molecule has 1 atom stereocenters. The van der Waals surface area contributed by atoms with Gasteiger partial charge < -0.3 is 20.7 Å². The Morgan fingerprint density at radius 1 is 1.50 bits per heavy atom. The molecule has 22 heavy (non-hydrogen) atoms. The number of anilines is 2. The number of hydrogen-bond donors (Lipinski definition) is 2. The normalized spacial score (nSPS) is 18.9. The van der Waals surface area contributed by atoms with Gasteiger partial charge in [-0.25, -0.2) is 14.8 Å². The molecule has 1 saturated heterocycles. The fourth-order valence-corrected chi connectivity index (χ4v) is 2.40. The molecule has 1 aliphatic rings. The van der Waals surface area contributed by atoms with Crippen LogP contribution >= 0.6 is 11.6 Å². The van der Waals surface area contributed by atoms with Gasteiger partial charge in [0, 0.05) is 19.1 Å². The van der Waals surface area contributed by atoms with Crippen molar-refractivity contribution in [3.63, 3.8) is 0 Å². The van der Waals surface area contributed by atoms with E-state index in [1.807, 2.05) is 20.8 Å². The largest absolute Gasteiger partial charge is 0.444 e. The van der Waals surface area contributed by atoms with Crippen LogP contribution in [0.5, 0.6) is 0 Å². The number of halogens is 1. The fourth-order valence-electron chi connectivity index (χ4n) is 2.27. The van der Waals surface area contributed by atoms with E-state index in [2.05, 4.69) is 15.3 Å². The van der Waals surface area contributed by atoms with Crippen molar-refractivity contribution < 1.29 is 9.53 Å². The van der Waals surface area contributed by atoms with Crippen LogP contribution in [0.4, 0.5) is 16.3 Å². The Balaban J connectivity index is 1.99. The van der Waals surface area contributed by atoms with E-state index in [0.717, 1.165) is 12.8 Å². The van der Waals surface area contributed by atoms with E-state index >= 15 is 0 Å². The smallest absolute Gasteiger partial charge is 0.410 e. The average molecular weight is 328 g/mol. The van der Waals surface area contributed by atoms with Crippen molar-refractivity contribution >= 4 is 29.2 Å². The van der Waals surface area contributed by atoms with Crippen molar-refractivity contribution in [1.82, 2.24) is 14.9 Å². The number of nitrogens with one attached hydrogen (secondary N) is 1. The summed E-state index contributed by atoms with van der Waals surface area (Å²) in [7, 11) is 0. The van der Waals surface area contributed by atoms with Crippen LogP contribution in [0.15, 0.2) is 6.33 Å². The summed E-state index contributed by atoms with van der Waals surface area (Å²) in [6.07, 6.45) is 2.86. The first kappa shape index (κ1) is 16.6. The molecule has 3 N–H and O–H groups in total. The van der Waals surface area contributed by atoms with Crippen molar-refractivity contribution in [1.29, 1.82) is 0 Å². The fraction of sp³-hybridized carbons (Fsp3) is 0.643. The second-order valence-corrected chi connectivity index (χ2v) is 6.69. The Bertz CT molecular complexity index is 547. The zero-order valence-corrected chi connectivity index (χ0v) is 13.9. The molecule has 1 aliphatic heterocycles. The number of hydrogen-bond acceptors (Lipinski definition) is 6. The Labute approximate surface area is 135 Å². The second-order valence-electron chi connectivity index (χ2n) is 6.34. The zero-order valence-electron chi connectivity index (χ0n) is 13.1. The number of piperidine rings is 1. The monoisotopic (exact) mass is 327 g/mol. The number of rotatable bonds is 2. The minimum atomic E-state index is -0.498. The molecule has 1 aromatic heterocycles. The van der Waals surface area contributed by atoms with Gasteiger partial charge in [-0.1, -0.05) is 11.6 Å². The van der Waals surface area contributed by atoms with E-state index in [-0.39, 0.29) is 17.3 Å². The van der Waals surface area contributed by atoms with Crippen LogP contribution in [-0.2, 0) is 4.74 Å². The predicted molar refractivity (Wildman–Crippen MR) is 85.9 cm³/mol. The Morgan fingerprint density at radius 3 is 2.91 bits per heavy atom. The van der Waals surface area contributed by atoms with Gasteiger partial charge in [0.15, 0.2) is 11.0 Å². The molecule has 0 spiro atoms. The Hall–Kier alpha value is -1.76. The van der Waals surface area contributed by atoms with Gasteiger partial charge in [-0.3, -0.25) is 0 Å². The summed E-state index contributed by atoms with van der Waals surface area (Å²) < 4.78 is 5.41. The third-order valence-corrected chi connectivity index (χ3v) is 3.55. The highest BCUT2D eigenvalue weighted by Crippen LogP contribution is 2.24. The third kappa shape index (κ3) is 4.37. The highest BCUT2D eigenvalue weighted by atomic mass is 35.5. The van der Waals surface area contributed by atoms with Crippen LogP contribution in [0.1, 0.15) is 33.6 Å². The van der Waals surface area contributed by atoms with Crippen LogP contribution in [0.2, 0.25) is 5.15 Å². The Morgan fingerprint density at radius 2 is 2.23 bits per heavy atom. The molecule has 0 aliphatic carbocycles. The van der Waals surface area contributed by atoms with E-state index < -0.39 is 5.60 Å². The molecule has 122 valence electrons. The van der Waals surface area contributed by atoms with Gasteiger partial charge in [0.1, 0.15) is 17.6 Å². The number of ether oxygens (including phenoxy) is 1. The lowest BCUT2D eigenvalue weighted by Crippen LogP contribution is -2.47. The zero-order chi connectivity index (χ0) is 16.3. The Kier molecular flexibility index (Phi) is 4.95. The van der Waals surface area contributed by atoms with Crippen molar-refractivity contribution in [2.24, 2.45) is 0 Å². The van der Waals surface area contributed by atoms with Crippen molar-refractivity contribution in [2.45, 2.75) is 45.3 Å². The van der Waals surface area contributed by atoms with E-state index in [9.17, 15) is 4.79 Å². The highest BCUT2D eigenvalue weighted by molar-refractivity contribution is 6.32. The number of likely N-dealkylation sites (tertiary alicyclic amines) is 1. The van der Waals surface area contributed by atoms with Crippen LogP contribution in [0.25, 0.3) is 0 Å². The molecular formula is C14H22ClN5O2. The highest BCUT2D eigenvalue weighted by Gasteiger charge is 2.28. The maximum Gasteiger partial charge on any atom is 0.410 e. The maximum absolute atomic E-state index is 12.1. The summed E-state index contributed by atoms with van der Waals surface area (Å²) in [4.78, 5) is 21.8. The van der Waals surface area contributed by atoms with Crippen LogP contribution in [0.3, 0.4) is 0 Å². The molecule has 2 rings (SSSR count). The van der Waals surface area contributed by atoms with Gasteiger partial charge in [-0.2, -0.15) is 0 Å². The van der Waals surface area contributed by atoms with E-state index in [1.165, 1.54) is 6.33 Å². The molecule has 1 aromatic rings. The third-order valence-electron chi connectivity index (χ3n) is 3.25. The molecule has 7 nitrogen and oxygen atoms in total. The van der Waals surface area contributed by atoms with Gasteiger partial charge in [-0.15, -0.1) is 0 Å². The second kappa shape index (κ2) is 6.56. The molecule has 0 bridgehead atoms. The maximum atomic E-state index is 12.1. The first-order valence-corrected chi connectivity index (χ1v) is 7.64. The summed E-state index contributed by atoms with van der Waals surface area (Å²) in [6.45, 7) is 6.79. The molecule has 1 fully saturated rings. The minimum Gasteiger partial charge on any atom is -0.444 e. The first-order valence-electron chi connectivity index (χ1n) is 7.26. The lowest BCUT2D eigenvalue weighted by atomic mass is 10.1. The van der Waals surface area contributed by atoms with Gasteiger partial charge >= 0.3 is 6.09 Å². The molecule has 1 amide bonds. The molecule has 0 radical (unpaired) electrons. The molecule has 0 aromatic carbocycles. The average Bonchev–Trinajstić information content (AvgIpc) is 2.42. The summed E-state index contributed by atoms with van der Waals surface area (Å²) in [6, 6.07) is 0.0505. The van der Waals surface area contributed by atoms with E-state index in [4.69, 9.17) is 22.1 Å². The summed E-state index contributed by atoms with van der Waals surface area (Å²) in [5.41, 5.74) is 5.67. The number of aromatic nitrogens is 2. The molecule has 8 heteroatoms. The number of carbonyl (C=O) groups is 1. The van der Waals surface area contributed by atoms with E-state index in [1.54, 1.807) is 4.90 Å². The lowest BCUT2D eigenvalue weighted by molar-refractivity contribution is 0.0206. The summed E-state index contributed by atoms with van der Waals surface area (Å²) in [5.74, 6) is 0.496. The molecule has 2 heterocycles. The number of nitrogen functional groups attached to an aromatic ring is 1. The minimum absolute atomic E-state index is 0.0505. The van der Waals surface area contributed by atoms with Gasteiger partial charge in [0.05, 0.1) is 0 Å². The standard InChI is InChI=1S/C14H22ClN5O2/c1-14(2,3)22-13(21)20-6-4-5-9(7-20)19-12-10(16)11(15)17-8-18-12/h8-9H,4-7,16H2,1-3H3,(H,17,18,19)/t9-/m0/s1. The first-order chi connectivity index (χ1) is 10.3. The van der Waals surface area contributed by atoms with E-state index in [0.29, 0.717) is 24.6 Å². The summed E-state index contributed by atoms with van der Waals surface area (Å²) in [5, 5.41) is 3.45. The van der Waals surface area contributed by atoms with Gasteiger partial charge in [-0.05, 0) is 33.6 Å². The predicted octanol–water partition coefficient (Wildman–Crippen LogP) is 2.52. The molecule has 0 saturated carbocycles. The summed E-state index contributed by atoms with van der Waals surface area (Å²) >= 11 is 5.88. The topological polar surface area (TPSA) is 93.4 Å². The lowest BCUT2D eigenvalue weighted by Gasteiger charge is -2.34. The van der Waals surface area contributed by atoms with Crippen LogP contribution < -0.4 is 11.1 Å². The number of amides is 1. The number of nitrogens with two attached hydrogens (primary N) is 1.